The Kier molecular flexibility index (Phi) is 6.80. The molecule has 0 radical (unpaired) electrons. The number of aromatic nitrogens is 1. The Morgan fingerprint density at radius 1 is 1.03 bits per heavy atom. The lowest BCUT2D eigenvalue weighted by atomic mass is 10.1. The number of nitrogens with zero attached hydrogens (tertiary/aromatic N) is 1. The molecule has 0 atom stereocenters. The maximum Gasteiger partial charge on any atom is 0.276 e. The van der Waals surface area contributed by atoms with Crippen molar-refractivity contribution in [3.8, 4) is 11.5 Å². The summed E-state index contributed by atoms with van der Waals surface area (Å²) in [5, 5.41) is 1.90. The highest BCUT2D eigenvalue weighted by atomic mass is 32.1. The average Bonchev–Trinajstić information content (AvgIpc) is 3.24. The van der Waals surface area contributed by atoms with E-state index in [0.717, 1.165) is 16.8 Å². The summed E-state index contributed by atoms with van der Waals surface area (Å²) in [7, 11) is 0. The van der Waals surface area contributed by atoms with Crippen LogP contribution in [-0.4, -0.2) is 23.4 Å². The van der Waals surface area contributed by atoms with Crippen LogP contribution in [0.15, 0.2) is 53.4 Å². The van der Waals surface area contributed by atoms with Gasteiger partial charge < -0.3 is 9.47 Å². The minimum absolute atomic E-state index is 0.206. The van der Waals surface area contributed by atoms with Crippen molar-refractivity contribution in [2.75, 3.05) is 6.61 Å². The molecule has 0 aliphatic carbocycles. The number of para-hydroxylation sites is 1. The highest BCUT2D eigenvalue weighted by Crippen LogP contribution is 2.22. The number of hydrazine groups is 1. The summed E-state index contributed by atoms with van der Waals surface area (Å²) in [6, 6.07) is 12.4. The number of amides is 2. The van der Waals surface area contributed by atoms with E-state index in [1.807, 2.05) is 37.4 Å². The maximum atomic E-state index is 12.3. The van der Waals surface area contributed by atoms with E-state index in [2.05, 4.69) is 15.8 Å². The van der Waals surface area contributed by atoms with Crippen molar-refractivity contribution >= 4 is 23.2 Å². The standard InChI is InChI=1S/C21H21N3O4S/c1-14-5-3-6-15(2)20(14)28-11-19(25)23-24-21(26)16-7-4-8-18(9-16)27-10-17-12-29-13-22-17/h3-9,12-13H,10-11H2,1-2H3,(H,23,25)(H,24,26). The lowest BCUT2D eigenvalue weighted by Gasteiger charge is -2.12. The van der Waals surface area contributed by atoms with E-state index in [1.165, 1.54) is 11.3 Å². The van der Waals surface area contributed by atoms with Crippen LogP contribution in [0.2, 0.25) is 0 Å². The van der Waals surface area contributed by atoms with Crippen molar-refractivity contribution in [1.82, 2.24) is 15.8 Å². The van der Waals surface area contributed by atoms with E-state index in [0.29, 0.717) is 23.7 Å². The predicted molar refractivity (Wildman–Crippen MR) is 110 cm³/mol. The Morgan fingerprint density at radius 3 is 2.52 bits per heavy atom. The first-order chi connectivity index (χ1) is 14.0. The van der Waals surface area contributed by atoms with Crippen molar-refractivity contribution in [2.45, 2.75) is 20.5 Å². The van der Waals surface area contributed by atoms with Gasteiger partial charge in [0.05, 0.1) is 11.2 Å². The van der Waals surface area contributed by atoms with Crippen LogP contribution < -0.4 is 20.3 Å². The Hall–Kier alpha value is -3.39. The van der Waals surface area contributed by atoms with Gasteiger partial charge in [-0.15, -0.1) is 11.3 Å². The monoisotopic (exact) mass is 411 g/mol. The molecule has 0 bridgehead atoms. The molecule has 0 saturated heterocycles. The van der Waals surface area contributed by atoms with Gasteiger partial charge in [-0.3, -0.25) is 20.4 Å². The zero-order chi connectivity index (χ0) is 20.6. The molecule has 0 aliphatic rings. The summed E-state index contributed by atoms with van der Waals surface area (Å²) in [5.41, 5.74) is 9.52. The second-order valence-electron chi connectivity index (χ2n) is 6.31. The van der Waals surface area contributed by atoms with Crippen LogP contribution in [-0.2, 0) is 11.4 Å². The lowest BCUT2D eigenvalue weighted by molar-refractivity contribution is -0.123. The fraction of sp³-hybridized carbons (Fsp3) is 0.190. The van der Waals surface area contributed by atoms with E-state index in [-0.39, 0.29) is 6.61 Å². The minimum atomic E-state index is -0.461. The van der Waals surface area contributed by atoms with Crippen LogP contribution in [0.25, 0.3) is 0 Å². The zero-order valence-corrected chi connectivity index (χ0v) is 16.9. The third kappa shape index (κ3) is 5.79. The lowest BCUT2D eigenvalue weighted by Crippen LogP contribution is -2.43. The van der Waals surface area contributed by atoms with E-state index in [4.69, 9.17) is 9.47 Å². The first-order valence-electron chi connectivity index (χ1n) is 8.91. The first kappa shape index (κ1) is 20.3. The summed E-state index contributed by atoms with van der Waals surface area (Å²) in [5.74, 6) is 0.288. The molecule has 0 fully saturated rings. The fourth-order valence-electron chi connectivity index (χ4n) is 2.59. The van der Waals surface area contributed by atoms with Gasteiger partial charge in [0.15, 0.2) is 6.61 Å². The summed E-state index contributed by atoms with van der Waals surface area (Å²) >= 11 is 1.49. The molecule has 0 unspecified atom stereocenters. The molecule has 0 spiro atoms. The van der Waals surface area contributed by atoms with Crippen molar-refractivity contribution in [1.29, 1.82) is 0 Å². The average molecular weight is 411 g/mol. The third-order valence-corrected chi connectivity index (χ3v) is 4.67. The molecule has 3 rings (SSSR count). The second-order valence-corrected chi connectivity index (χ2v) is 7.03. The molecule has 150 valence electrons. The van der Waals surface area contributed by atoms with Crippen LogP contribution in [0.5, 0.6) is 11.5 Å². The van der Waals surface area contributed by atoms with Gasteiger partial charge in [0, 0.05) is 10.9 Å². The number of ether oxygens (including phenoxy) is 2. The molecular weight excluding hydrogens is 390 g/mol. The number of aryl methyl sites for hydroxylation is 2. The molecular formula is C21H21N3O4S. The molecule has 1 heterocycles. The number of rotatable bonds is 7. The first-order valence-corrected chi connectivity index (χ1v) is 9.85. The van der Waals surface area contributed by atoms with Gasteiger partial charge in [0.25, 0.3) is 11.8 Å². The number of benzene rings is 2. The normalized spacial score (nSPS) is 10.3. The van der Waals surface area contributed by atoms with Crippen LogP contribution in [0, 0.1) is 13.8 Å². The SMILES string of the molecule is Cc1cccc(C)c1OCC(=O)NNC(=O)c1cccc(OCc2cscn2)c1. The number of hydrogen-bond donors (Lipinski definition) is 2. The molecule has 29 heavy (non-hydrogen) atoms. The predicted octanol–water partition coefficient (Wildman–Crippen LogP) is 3.18. The van der Waals surface area contributed by atoms with E-state index in [9.17, 15) is 9.59 Å². The molecule has 1 aromatic heterocycles. The molecule has 2 N–H and O–H groups in total. The smallest absolute Gasteiger partial charge is 0.276 e. The summed E-state index contributed by atoms with van der Waals surface area (Å²) in [6.45, 7) is 3.93. The van der Waals surface area contributed by atoms with Crippen molar-refractivity contribution in [3.63, 3.8) is 0 Å². The van der Waals surface area contributed by atoms with E-state index in [1.54, 1.807) is 29.8 Å². The third-order valence-electron chi connectivity index (χ3n) is 4.04. The van der Waals surface area contributed by atoms with Crippen LogP contribution >= 0.6 is 11.3 Å². The molecule has 7 nitrogen and oxygen atoms in total. The number of thiazole rings is 1. The Morgan fingerprint density at radius 2 is 1.79 bits per heavy atom. The van der Waals surface area contributed by atoms with Crippen LogP contribution in [0.1, 0.15) is 27.2 Å². The van der Waals surface area contributed by atoms with Gasteiger partial charge in [-0.25, -0.2) is 4.98 Å². The van der Waals surface area contributed by atoms with E-state index >= 15 is 0 Å². The molecule has 2 aromatic carbocycles. The van der Waals surface area contributed by atoms with Crippen molar-refractivity contribution < 1.29 is 19.1 Å². The Bertz CT molecular complexity index is 969. The summed E-state index contributed by atoms with van der Waals surface area (Å²) in [4.78, 5) is 28.4. The van der Waals surface area contributed by atoms with Gasteiger partial charge in [-0.2, -0.15) is 0 Å². The molecule has 3 aromatic rings. The highest BCUT2D eigenvalue weighted by molar-refractivity contribution is 7.07. The second kappa shape index (κ2) is 9.70. The molecule has 2 amide bonds. The van der Waals surface area contributed by atoms with E-state index < -0.39 is 11.8 Å². The number of carbonyl (C=O) groups excluding carboxylic acids is 2. The largest absolute Gasteiger partial charge is 0.487 e. The number of nitrogens with one attached hydrogen (secondary N) is 2. The van der Waals surface area contributed by atoms with Gasteiger partial charge in [-0.1, -0.05) is 24.3 Å². The summed E-state index contributed by atoms with van der Waals surface area (Å²) < 4.78 is 11.2. The molecule has 0 aliphatic heterocycles. The van der Waals surface area contributed by atoms with Gasteiger partial charge in [0.2, 0.25) is 0 Å². The van der Waals surface area contributed by atoms with Gasteiger partial charge in [-0.05, 0) is 43.2 Å². The Balaban J connectivity index is 1.48. The van der Waals surface area contributed by atoms with Crippen LogP contribution in [0.4, 0.5) is 0 Å². The van der Waals surface area contributed by atoms with Gasteiger partial charge in [0.1, 0.15) is 18.1 Å². The van der Waals surface area contributed by atoms with Crippen LogP contribution in [0.3, 0.4) is 0 Å². The molecule has 8 heteroatoms. The topological polar surface area (TPSA) is 89.6 Å². The van der Waals surface area contributed by atoms with Gasteiger partial charge >= 0.3 is 0 Å². The minimum Gasteiger partial charge on any atom is -0.487 e. The number of carbonyl (C=O) groups is 2. The van der Waals surface area contributed by atoms with Crippen molar-refractivity contribution in [3.05, 3.63) is 75.7 Å². The quantitative estimate of drug-likeness (QED) is 0.583. The summed E-state index contributed by atoms with van der Waals surface area (Å²) in [6.07, 6.45) is 0. The van der Waals surface area contributed by atoms with Crippen molar-refractivity contribution in [2.24, 2.45) is 0 Å². The molecule has 0 saturated carbocycles. The zero-order valence-electron chi connectivity index (χ0n) is 16.1. The highest BCUT2D eigenvalue weighted by Gasteiger charge is 2.11. The maximum absolute atomic E-state index is 12.3. The fourth-order valence-corrected chi connectivity index (χ4v) is 3.14. The number of hydrogen-bond acceptors (Lipinski definition) is 6. The Labute approximate surface area is 172 Å².